The molecule has 1 atom stereocenters. The van der Waals surface area contributed by atoms with Gasteiger partial charge in [-0.15, -0.1) is 0 Å². The molecule has 2 aliphatic heterocycles. The fourth-order valence-corrected chi connectivity index (χ4v) is 5.76. The first kappa shape index (κ1) is 19.3. The number of aromatic nitrogens is 3. The van der Waals surface area contributed by atoms with Gasteiger partial charge in [0.1, 0.15) is 0 Å². The number of carbonyl (C=O) groups is 1. The Labute approximate surface area is 184 Å². The first-order chi connectivity index (χ1) is 15.2. The second-order valence-corrected chi connectivity index (χ2v) is 9.93. The van der Waals surface area contributed by atoms with E-state index in [-0.39, 0.29) is 23.4 Å². The van der Waals surface area contributed by atoms with Crippen molar-refractivity contribution in [3.63, 3.8) is 0 Å². The number of rotatable bonds is 4. The molecule has 1 N–H and O–H groups in total. The molecule has 7 nitrogen and oxygen atoms in total. The van der Waals surface area contributed by atoms with Crippen molar-refractivity contribution in [2.45, 2.75) is 57.7 Å². The zero-order valence-electron chi connectivity index (χ0n) is 17.5. The van der Waals surface area contributed by atoms with Crippen molar-refractivity contribution in [2.75, 3.05) is 13.1 Å². The molecule has 1 unspecified atom stereocenters. The van der Waals surface area contributed by atoms with Crippen molar-refractivity contribution in [3.05, 3.63) is 55.8 Å². The molecule has 0 radical (unpaired) electrons. The molecule has 3 aromatic rings. The highest BCUT2D eigenvalue weighted by atomic mass is 32.1. The van der Waals surface area contributed by atoms with E-state index in [9.17, 15) is 9.59 Å². The van der Waals surface area contributed by atoms with Gasteiger partial charge in [-0.05, 0) is 54.6 Å². The van der Waals surface area contributed by atoms with Gasteiger partial charge in [0.2, 0.25) is 5.91 Å². The molecule has 0 spiro atoms. The topological polar surface area (TPSA) is 73.7 Å². The Kier molecular flexibility index (Phi) is 4.72. The fraction of sp³-hybridized carbons (Fsp3) is 0.522. The van der Waals surface area contributed by atoms with E-state index in [1.165, 1.54) is 18.4 Å². The number of hydrogen-bond acceptors (Lipinski definition) is 5. The summed E-state index contributed by atoms with van der Waals surface area (Å²) >= 11 is 1.73. The third kappa shape index (κ3) is 3.51. The minimum Gasteiger partial charge on any atom is -0.337 e. The molecule has 1 saturated carbocycles. The third-order valence-electron chi connectivity index (χ3n) is 6.96. The summed E-state index contributed by atoms with van der Waals surface area (Å²) in [5.74, 6) is 0.382. The van der Waals surface area contributed by atoms with E-state index >= 15 is 0 Å². The molecule has 1 saturated heterocycles. The molecular formula is C23H27N5O2S. The molecule has 1 amide bonds. The van der Waals surface area contributed by atoms with E-state index in [2.05, 4.69) is 32.9 Å². The third-order valence-corrected chi connectivity index (χ3v) is 7.69. The summed E-state index contributed by atoms with van der Waals surface area (Å²) in [6.07, 6.45) is 6.11. The summed E-state index contributed by atoms with van der Waals surface area (Å²) in [6.45, 7) is 3.05. The molecule has 31 heavy (non-hydrogen) atoms. The van der Waals surface area contributed by atoms with Crippen molar-refractivity contribution in [2.24, 2.45) is 5.92 Å². The van der Waals surface area contributed by atoms with Crippen LogP contribution in [0.15, 0.2) is 27.7 Å². The van der Waals surface area contributed by atoms with Crippen LogP contribution in [0.5, 0.6) is 0 Å². The Morgan fingerprint density at radius 1 is 1.23 bits per heavy atom. The van der Waals surface area contributed by atoms with Gasteiger partial charge in [0, 0.05) is 31.5 Å². The highest BCUT2D eigenvalue weighted by Crippen LogP contribution is 2.33. The zero-order chi connectivity index (χ0) is 20.9. The predicted octanol–water partition coefficient (Wildman–Crippen LogP) is 3.11. The zero-order valence-corrected chi connectivity index (χ0v) is 18.4. The lowest BCUT2D eigenvalue weighted by Gasteiger charge is -2.34. The summed E-state index contributed by atoms with van der Waals surface area (Å²) in [5, 5.41) is 7.71. The minimum absolute atomic E-state index is 0.0558. The number of aromatic amines is 1. The lowest BCUT2D eigenvalue weighted by atomic mass is 9.99. The number of likely N-dealkylation sites (tertiary alicyclic amines) is 1. The summed E-state index contributed by atoms with van der Waals surface area (Å²) in [7, 11) is 0. The maximum atomic E-state index is 13.3. The Balaban J connectivity index is 1.32. The lowest BCUT2D eigenvalue weighted by molar-refractivity contribution is -0.133. The van der Waals surface area contributed by atoms with E-state index in [4.69, 9.17) is 4.98 Å². The average Bonchev–Trinajstić information content (AvgIpc) is 3.35. The molecule has 162 valence electrons. The molecule has 3 aliphatic rings. The smallest absolute Gasteiger partial charge is 0.277 e. The Hall–Kier alpha value is -2.45. The number of hydrogen-bond donors (Lipinski definition) is 1. The number of amides is 1. The molecule has 2 fully saturated rings. The molecule has 1 aliphatic carbocycles. The van der Waals surface area contributed by atoms with Crippen molar-refractivity contribution < 1.29 is 4.79 Å². The van der Waals surface area contributed by atoms with Crippen molar-refractivity contribution in [1.29, 1.82) is 0 Å². The molecule has 3 aromatic heterocycles. The molecule has 6 rings (SSSR count). The Bertz CT molecular complexity index is 1180. The summed E-state index contributed by atoms with van der Waals surface area (Å²) in [5.41, 5.74) is 4.58. The van der Waals surface area contributed by atoms with E-state index in [1.54, 1.807) is 15.9 Å². The first-order valence-corrected chi connectivity index (χ1v) is 12.3. The highest BCUT2D eigenvalue weighted by Gasteiger charge is 2.36. The number of nitrogens with one attached hydrogen (secondary N) is 1. The number of thiophene rings is 1. The van der Waals surface area contributed by atoms with E-state index in [1.807, 2.05) is 4.90 Å². The van der Waals surface area contributed by atoms with Crippen LogP contribution in [0.2, 0.25) is 0 Å². The highest BCUT2D eigenvalue weighted by molar-refractivity contribution is 7.07. The second-order valence-electron chi connectivity index (χ2n) is 9.15. The van der Waals surface area contributed by atoms with Gasteiger partial charge < -0.3 is 4.90 Å². The van der Waals surface area contributed by atoms with Gasteiger partial charge in [-0.3, -0.25) is 19.6 Å². The number of fused-ring (bicyclic) bond motifs is 2. The van der Waals surface area contributed by atoms with Gasteiger partial charge in [-0.2, -0.15) is 11.3 Å². The van der Waals surface area contributed by atoms with Crippen molar-refractivity contribution in [3.8, 4) is 0 Å². The lowest BCUT2D eigenvalue weighted by Crippen LogP contribution is -2.41. The fourth-order valence-electron chi connectivity index (χ4n) is 5.10. The summed E-state index contributed by atoms with van der Waals surface area (Å²) in [4.78, 5) is 35.0. The standard InChI is InChI=1S/C23H27N5O2S/c29-22(16-4-5-16)27-9-6-18-17(13-27)23(30)28-21(24-18)11-19(25-28)20-3-1-2-8-26(20)12-15-7-10-31-14-15/h7,10-11,14,16,20,25H,1-6,8-9,12-13H2. The van der Waals surface area contributed by atoms with Gasteiger partial charge in [0.25, 0.3) is 5.56 Å². The monoisotopic (exact) mass is 437 g/mol. The van der Waals surface area contributed by atoms with E-state index in [0.29, 0.717) is 30.7 Å². The number of nitrogens with zero attached hydrogens (tertiary/aromatic N) is 4. The quantitative estimate of drug-likeness (QED) is 0.681. The first-order valence-electron chi connectivity index (χ1n) is 11.3. The van der Waals surface area contributed by atoms with Crippen LogP contribution < -0.4 is 5.56 Å². The molecule has 0 aromatic carbocycles. The van der Waals surface area contributed by atoms with Crippen LogP contribution in [0.4, 0.5) is 0 Å². The Morgan fingerprint density at radius 2 is 2.13 bits per heavy atom. The van der Waals surface area contributed by atoms with E-state index < -0.39 is 0 Å². The maximum Gasteiger partial charge on any atom is 0.277 e. The van der Waals surface area contributed by atoms with Gasteiger partial charge >= 0.3 is 0 Å². The minimum atomic E-state index is -0.0558. The van der Waals surface area contributed by atoms with E-state index in [0.717, 1.165) is 43.7 Å². The molecule has 0 bridgehead atoms. The van der Waals surface area contributed by atoms with Crippen LogP contribution in [0.25, 0.3) is 5.65 Å². The van der Waals surface area contributed by atoms with Crippen molar-refractivity contribution in [1.82, 2.24) is 24.4 Å². The number of piperidine rings is 1. The van der Waals surface area contributed by atoms with Gasteiger partial charge in [0.05, 0.1) is 29.5 Å². The largest absolute Gasteiger partial charge is 0.337 e. The van der Waals surface area contributed by atoms with Crippen LogP contribution >= 0.6 is 11.3 Å². The predicted molar refractivity (Wildman–Crippen MR) is 119 cm³/mol. The summed E-state index contributed by atoms with van der Waals surface area (Å²) < 4.78 is 1.59. The average molecular weight is 438 g/mol. The van der Waals surface area contributed by atoms with Crippen LogP contribution in [0.1, 0.15) is 60.7 Å². The SMILES string of the molecule is O=C(C1CC1)N1CCc2nc3cc(C4CCCCN4Cc4ccsc4)[nH]n3c(=O)c2C1. The summed E-state index contributed by atoms with van der Waals surface area (Å²) in [6, 6.07) is 4.51. The van der Waals surface area contributed by atoms with Crippen LogP contribution in [0, 0.1) is 5.92 Å². The number of carbonyl (C=O) groups excluding carboxylic acids is 1. The Morgan fingerprint density at radius 3 is 2.94 bits per heavy atom. The van der Waals surface area contributed by atoms with Gasteiger partial charge in [-0.25, -0.2) is 9.50 Å². The van der Waals surface area contributed by atoms with Crippen molar-refractivity contribution >= 4 is 22.9 Å². The second kappa shape index (κ2) is 7.60. The van der Waals surface area contributed by atoms with Crippen LogP contribution in [-0.4, -0.2) is 43.4 Å². The molecule has 8 heteroatoms. The molecule has 5 heterocycles. The number of H-pyrrole nitrogens is 1. The van der Waals surface area contributed by atoms with Gasteiger partial charge in [-0.1, -0.05) is 6.42 Å². The molecular weight excluding hydrogens is 410 g/mol. The normalized spacial score (nSPS) is 22.1. The van der Waals surface area contributed by atoms with Crippen LogP contribution in [-0.2, 0) is 24.3 Å². The maximum absolute atomic E-state index is 13.3. The van der Waals surface area contributed by atoms with Gasteiger partial charge in [0.15, 0.2) is 5.65 Å². The van der Waals surface area contributed by atoms with Crippen LogP contribution in [0.3, 0.4) is 0 Å².